The van der Waals surface area contributed by atoms with Crippen LogP contribution in [0.3, 0.4) is 0 Å². The third kappa shape index (κ3) is 7.55. The topological polar surface area (TPSA) is 84.7 Å². The highest BCUT2D eigenvalue weighted by atomic mass is 28.4. The van der Waals surface area contributed by atoms with Gasteiger partial charge in [0, 0.05) is 6.54 Å². The lowest BCUT2D eigenvalue weighted by molar-refractivity contribution is -0.142. The van der Waals surface area contributed by atoms with Gasteiger partial charge in [0.2, 0.25) is 0 Å². The first-order chi connectivity index (χ1) is 17.2. The monoisotopic (exact) mass is 631 g/mol. The summed E-state index contributed by atoms with van der Waals surface area (Å²) in [6, 6.07) is -0.521. The van der Waals surface area contributed by atoms with Crippen LogP contribution in [0.25, 0.3) is 0 Å². The Kier molecular flexibility index (Phi) is 11.8. The summed E-state index contributed by atoms with van der Waals surface area (Å²) in [7, 11) is -9.65. The maximum absolute atomic E-state index is 15.5. The average Bonchev–Trinajstić information content (AvgIpc) is 2.65. The first-order valence-electron chi connectivity index (χ1n) is 15.2. The minimum absolute atomic E-state index is 0.0128. The maximum Gasteiger partial charge on any atom is 0.312 e. The number of urea groups is 1. The number of hydrogen-bond acceptors (Lipinski definition) is 4. The molecule has 0 aliphatic heterocycles. The molecule has 6 nitrogen and oxygen atoms in total. The van der Waals surface area contributed by atoms with E-state index in [-0.39, 0.29) is 26.1 Å². The normalized spacial score (nSPS) is 16.5. The van der Waals surface area contributed by atoms with Gasteiger partial charge in [0.25, 0.3) is 8.32 Å². The van der Waals surface area contributed by atoms with Gasteiger partial charge in [-0.3, -0.25) is 4.79 Å². The van der Waals surface area contributed by atoms with E-state index in [0.717, 1.165) is 0 Å². The summed E-state index contributed by atoms with van der Waals surface area (Å²) < 4.78 is 9.84. The molecule has 0 spiro atoms. The van der Waals surface area contributed by atoms with Crippen molar-refractivity contribution in [1.29, 1.82) is 0 Å². The second kappa shape index (κ2) is 11.9. The van der Waals surface area contributed by atoms with Crippen molar-refractivity contribution in [3.05, 3.63) is 0 Å². The Balaban J connectivity index is 8.21. The molecular weight excluding hydrogens is 563 g/mol. The van der Waals surface area contributed by atoms with Crippen LogP contribution in [0, 0.1) is 0 Å². The SMILES string of the molecule is CC(C)(C)[Si](C)(C)OC(=O)[C@](CCCNC(N)=O)(N([Si](C)(C)C(C)(C)C)[Si](C)(C)C(C)(C)C)[Si](C)(C)C(C)(C)C. The highest BCUT2D eigenvalue weighted by Crippen LogP contribution is 2.57. The van der Waals surface area contributed by atoms with Gasteiger partial charge in [0.15, 0.2) is 0 Å². The Labute approximate surface area is 253 Å². The fourth-order valence-electron chi connectivity index (χ4n) is 5.12. The fraction of sp³-hybridized carbons (Fsp3) is 0.933. The van der Waals surface area contributed by atoms with E-state index in [0.29, 0.717) is 19.4 Å². The number of carbonyl (C=O) groups is 2. The second-order valence-electron chi connectivity index (χ2n) is 18.2. The molecule has 2 amide bonds. The van der Waals surface area contributed by atoms with Crippen LogP contribution < -0.4 is 11.1 Å². The maximum atomic E-state index is 15.5. The number of carbonyl (C=O) groups excluding carboxylic acids is 2. The van der Waals surface area contributed by atoms with Gasteiger partial charge in [-0.05, 0) is 46.1 Å². The van der Waals surface area contributed by atoms with Crippen LogP contribution in [0.4, 0.5) is 4.79 Å². The molecule has 40 heavy (non-hydrogen) atoms. The van der Waals surface area contributed by atoms with Crippen molar-refractivity contribution in [2.75, 3.05) is 6.54 Å². The first-order valence-corrected chi connectivity index (χ1v) is 27.0. The van der Waals surface area contributed by atoms with Gasteiger partial charge in [0.1, 0.15) is 16.5 Å². The van der Waals surface area contributed by atoms with E-state index >= 15 is 4.79 Å². The summed E-state index contributed by atoms with van der Waals surface area (Å²) >= 11 is 0. The van der Waals surface area contributed by atoms with Gasteiger partial charge < -0.3 is 19.7 Å². The molecule has 0 heterocycles. The summed E-state index contributed by atoms with van der Waals surface area (Å²) in [6.45, 7) is 47.4. The van der Waals surface area contributed by atoms with Crippen molar-refractivity contribution in [3.8, 4) is 0 Å². The van der Waals surface area contributed by atoms with E-state index in [9.17, 15) is 4.79 Å². The molecule has 0 saturated carbocycles. The number of primary amides is 1. The molecule has 0 fully saturated rings. The molecule has 0 bridgehead atoms. The van der Waals surface area contributed by atoms with E-state index in [4.69, 9.17) is 10.2 Å². The number of nitrogens with zero attached hydrogens (tertiary/aromatic N) is 1. The minimum atomic E-state index is -2.52. The Morgan fingerprint density at radius 1 is 0.675 bits per heavy atom. The molecule has 0 radical (unpaired) electrons. The summed E-state index contributed by atoms with van der Waals surface area (Å²) in [6.07, 6.45) is 1.32. The lowest BCUT2D eigenvalue weighted by Crippen LogP contribution is -2.85. The zero-order chi connectivity index (χ0) is 32.8. The fourth-order valence-corrected chi connectivity index (χ4v) is 23.9. The molecule has 0 saturated heterocycles. The van der Waals surface area contributed by atoms with Crippen LogP contribution in [-0.2, 0) is 9.22 Å². The molecule has 0 aromatic rings. The number of nitrogens with two attached hydrogens (primary N) is 1. The van der Waals surface area contributed by atoms with Crippen LogP contribution in [0.15, 0.2) is 0 Å². The van der Waals surface area contributed by atoms with Gasteiger partial charge in [-0.2, -0.15) is 0 Å². The van der Waals surface area contributed by atoms with Crippen LogP contribution in [-0.4, -0.2) is 60.8 Å². The van der Waals surface area contributed by atoms with E-state index in [1.165, 1.54) is 0 Å². The van der Waals surface area contributed by atoms with Crippen LogP contribution in [0.2, 0.25) is 72.5 Å². The van der Waals surface area contributed by atoms with E-state index < -0.39 is 44.1 Å². The lowest BCUT2D eigenvalue weighted by atomic mass is 10.1. The Hall–Kier alpha value is -0.432. The molecule has 3 N–H and O–H groups in total. The minimum Gasteiger partial charge on any atom is -0.518 e. The van der Waals surface area contributed by atoms with E-state index in [2.05, 4.69) is 145 Å². The number of nitrogens with one attached hydrogen (secondary N) is 1. The predicted octanol–water partition coefficient (Wildman–Crippen LogP) is 9.08. The first kappa shape index (κ1) is 39.6. The summed E-state index contributed by atoms with van der Waals surface area (Å²) in [5.41, 5.74) is 5.48. The van der Waals surface area contributed by atoms with Gasteiger partial charge in [-0.25, -0.2) is 4.79 Å². The zero-order valence-electron chi connectivity index (χ0n) is 30.4. The van der Waals surface area contributed by atoms with Crippen molar-refractivity contribution in [2.24, 2.45) is 5.73 Å². The van der Waals surface area contributed by atoms with Crippen LogP contribution >= 0.6 is 0 Å². The highest BCUT2D eigenvalue weighted by molar-refractivity contribution is 6.97. The van der Waals surface area contributed by atoms with E-state index in [1.807, 2.05) is 0 Å². The molecule has 1 atom stereocenters. The zero-order valence-corrected chi connectivity index (χ0v) is 34.4. The molecule has 0 unspecified atom stereocenters. The van der Waals surface area contributed by atoms with Gasteiger partial charge in [-0.15, -0.1) is 0 Å². The Bertz CT molecular complexity index is 879. The molecule has 10 heteroatoms. The van der Waals surface area contributed by atoms with Crippen LogP contribution in [0.5, 0.6) is 0 Å². The molecule has 0 aliphatic rings. The predicted molar refractivity (Wildman–Crippen MR) is 186 cm³/mol. The van der Waals surface area contributed by atoms with Crippen molar-refractivity contribution in [2.45, 2.75) is 174 Å². The van der Waals surface area contributed by atoms with Crippen molar-refractivity contribution in [3.63, 3.8) is 0 Å². The summed E-state index contributed by atoms with van der Waals surface area (Å²) in [4.78, 5) is 27.1. The van der Waals surface area contributed by atoms with E-state index in [1.54, 1.807) is 0 Å². The summed E-state index contributed by atoms with van der Waals surface area (Å²) in [5, 5.41) is 1.88. The smallest absolute Gasteiger partial charge is 0.312 e. The van der Waals surface area contributed by atoms with Gasteiger partial charge >= 0.3 is 12.0 Å². The van der Waals surface area contributed by atoms with Crippen molar-refractivity contribution >= 4 is 44.9 Å². The molecule has 0 rings (SSSR count). The molecule has 0 aliphatic carbocycles. The van der Waals surface area contributed by atoms with Crippen molar-refractivity contribution < 1.29 is 14.0 Å². The lowest BCUT2D eigenvalue weighted by Gasteiger charge is -2.68. The third-order valence-electron chi connectivity index (χ3n) is 11.6. The number of rotatable bonds is 10. The molecule has 0 aromatic carbocycles. The summed E-state index contributed by atoms with van der Waals surface area (Å²) in [5.74, 6) is -0.0144. The quantitative estimate of drug-likeness (QED) is 0.186. The second-order valence-corrected chi connectivity index (χ2v) is 39.1. The van der Waals surface area contributed by atoms with Gasteiger partial charge in [-0.1, -0.05) is 122 Å². The standard InChI is InChI=1S/C30H69N3O3Si4/c1-26(2,3)37(13,14)30(22-21-23-32-25(31)35,24(34)36-40(19,20)29(10,11)12)33(38(15,16)27(4,5)6)39(17,18)28(7,8)9/h21-23H2,1-20H3,(H3,31,32,35)/t30-/m1/s1. The Morgan fingerprint density at radius 3 is 1.32 bits per heavy atom. The van der Waals surface area contributed by atoms with Crippen LogP contribution in [0.1, 0.15) is 95.9 Å². The highest BCUT2D eigenvalue weighted by Gasteiger charge is 2.69. The molecule has 0 aromatic heterocycles. The molecular formula is C30H69N3O3Si4. The Morgan fingerprint density at radius 2 is 1.05 bits per heavy atom. The number of hydrogen-bond donors (Lipinski definition) is 2. The number of amides is 2. The molecule has 238 valence electrons. The van der Waals surface area contributed by atoms with Gasteiger partial charge in [0.05, 0.1) is 13.2 Å². The van der Waals surface area contributed by atoms with Crippen molar-refractivity contribution in [1.82, 2.24) is 9.55 Å². The average molecular weight is 632 g/mol. The third-order valence-corrected chi connectivity index (χ3v) is 36.5. The largest absolute Gasteiger partial charge is 0.518 e.